The van der Waals surface area contributed by atoms with Gasteiger partial charge in [-0.15, -0.1) is 0 Å². The molecule has 88 valence electrons. The minimum Gasteiger partial charge on any atom is -0.465 e. The molecule has 4 nitrogen and oxygen atoms in total. The Morgan fingerprint density at radius 1 is 1.35 bits per heavy atom. The standard InChI is InChI=1S/C12H12N2O2S/c1-16-11(15)9-3-5-10(6-4-9)14-8-7-13-12(14)17-2/h3-8H,1-2H3. The summed E-state index contributed by atoms with van der Waals surface area (Å²) in [4.78, 5) is 15.5. The SMILES string of the molecule is COC(=O)c1ccc(-n2ccnc2SC)cc1. The lowest BCUT2D eigenvalue weighted by Crippen LogP contribution is -2.01. The molecular weight excluding hydrogens is 236 g/mol. The normalized spacial score (nSPS) is 10.2. The van der Waals surface area contributed by atoms with Crippen LogP contribution >= 0.6 is 11.8 Å². The number of methoxy groups -OCH3 is 1. The third-order valence-electron chi connectivity index (χ3n) is 2.36. The zero-order valence-corrected chi connectivity index (χ0v) is 10.4. The van der Waals surface area contributed by atoms with Crippen LogP contribution in [0.4, 0.5) is 0 Å². The van der Waals surface area contributed by atoms with Crippen molar-refractivity contribution in [2.75, 3.05) is 13.4 Å². The lowest BCUT2D eigenvalue weighted by molar-refractivity contribution is 0.0601. The van der Waals surface area contributed by atoms with Gasteiger partial charge in [0.1, 0.15) is 0 Å². The second kappa shape index (κ2) is 5.05. The molecule has 0 aliphatic heterocycles. The summed E-state index contributed by atoms with van der Waals surface area (Å²) in [6, 6.07) is 7.22. The van der Waals surface area contributed by atoms with E-state index in [0.717, 1.165) is 10.8 Å². The predicted molar refractivity (Wildman–Crippen MR) is 66.7 cm³/mol. The third kappa shape index (κ3) is 2.34. The van der Waals surface area contributed by atoms with Gasteiger partial charge in [-0.3, -0.25) is 4.57 Å². The molecule has 0 unspecified atom stereocenters. The predicted octanol–water partition coefficient (Wildman–Crippen LogP) is 2.38. The van der Waals surface area contributed by atoms with Gasteiger partial charge in [-0.25, -0.2) is 9.78 Å². The highest BCUT2D eigenvalue weighted by Gasteiger charge is 2.07. The highest BCUT2D eigenvalue weighted by atomic mass is 32.2. The number of ether oxygens (including phenoxy) is 1. The molecule has 0 spiro atoms. The summed E-state index contributed by atoms with van der Waals surface area (Å²) in [6.07, 6.45) is 5.61. The summed E-state index contributed by atoms with van der Waals surface area (Å²) in [5.41, 5.74) is 1.52. The Labute approximate surface area is 104 Å². The van der Waals surface area contributed by atoms with Crippen molar-refractivity contribution in [1.82, 2.24) is 9.55 Å². The Bertz CT molecular complexity index is 520. The Kier molecular flexibility index (Phi) is 3.49. The van der Waals surface area contributed by atoms with Crippen LogP contribution in [0, 0.1) is 0 Å². The minimum atomic E-state index is -0.327. The molecule has 17 heavy (non-hydrogen) atoms. The van der Waals surface area contributed by atoms with Crippen molar-refractivity contribution in [3.63, 3.8) is 0 Å². The molecule has 0 fully saturated rings. The molecule has 0 radical (unpaired) electrons. The molecule has 0 saturated carbocycles. The van der Waals surface area contributed by atoms with E-state index in [9.17, 15) is 4.79 Å². The van der Waals surface area contributed by atoms with Gasteiger partial charge in [0.25, 0.3) is 0 Å². The van der Waals surface area contributed by atoms with E-state index in [4.69, 9.17) is 0 Å². The molecule has 0 amide bonds. The monoisotopic (exact) mass is 248 g/mol. The van der Waals surface area contributed by atoms with Crippen molar-refractivity contribution in [3.05, 3.63) is 42.2 Å². The molecule has 0 saturated heterocycles. The largest absolute Gasteiger partial charge is 0.465 e. The van der Waals surface area contributed by atoms with Crippen molar-refractivity contribution in [1.29, 1.82) is 0 Å². The number of nitrogens with zero attached hydrogens (tertiary/aromatic N) is 2. The van der Waals surface area contributed by atoms with Crippen molar-refractivity contribution < 1.29 is 9.53 Å². The molecule has 1 aromatic carbocycles. The number of imidazole rings is 1. The van der Waals surface area contributed by atoms with Crippen LogP contribution in [-0.4, -0.2) is 28.9 Å². The number of thioether (sulfide) groups is 1. The summed E-state index contributed by atoms with van der Waals surface area (Å²) in [7, 11) is 1.37. The van der Waals surface area contributed by atoms with E-state index in [2.05, 4.69) is 9.72 Å². The van der Waals surface area contributed by atoms with Gasteiger partial charge in [-0.2, -0.15) is 0 Å². The number of hydrogen-bond donors (Lipinski definition) is 0. The second-order valence-corrected chi connectivity index (χ2v) is 4.10. The van der Waals surface area contributed by atoms with Crippen LogP contribution in [-0.2, 0) is 4.74 Å². The first-order valence-corrected chi connectivity index (χ1v) is 6.25. The quantitative estimate of drug-likeness (QED) is 0.618. The molecule has 2 aromatic rings. The Hall–Kier alpha value is -1.75. The van der Waals surface area contributed by atoms with Crippen molar-refractivity contribution in [3.8, 4) is 5.69 Å². The van der Waals surface area contributed by atoms with Crippen LogP contribution in [0.5, 0.6) is 0 Å². The second-order valence-electron chi connectivity index (χ2n) is 3.32. The first-order valence-electron chi connectivity index (χ1n) is 5.02. The van der Waals surface area contributed by atoms with Gasteiger partial charge in [0.2, 0.25) is 0 Å². The van der Waals surface area contributed by atoms with Crippen molar-refractivity contribution in [2.45, 2.75) is 5.16 Å². The average molecular weight is 248 g/mol. The third-order valence-corrected chi connectivity index (χ3v) is 3.02. The number of benzene rings is 1. The summed E-state index contributed by atoms with van der Waals surface area (Å²) in [5, 5.41) is 0.913. The van der Waals surface area contributed by atoms with Gasteiger partial charge in [-0.1, -0.05) is 11.8 Å². The first kappa shape index (κ1) is 11.7. The van der Waals surface area contributed by atoms with Gasteiger partial charge < -0.3 is 4.74 Å². The molecule has 0 aliphatic carbocycles. The fraction of sp³-hybridized carbons (Fsp3) is 0.167. The van der Waals surface area contributed by atoms with Crippen LogP contribution in [0.2, 0.25) is 0 Å². The fourth-order valence-corrected chi connectivity index (χ4v) is 2.04. The van der Waals surface area contributed by atoms with Crippen LogP contribution in [0.3, 0.4) is 0 Å². The number of carbonyl (C=O) groups is 1. The van der Waals surface area contributed by atoms with Gasteiger partial charge in [0.15, 0.2) is 5.16 Å². The fourth-order valence-electron chi connectivity index (χ4n) is 1.51. The average Bonchev–Trinajstić information content (AvgIpc) is 2.86. The molecule has 1 aromatic heterocycles. The maximum absolute atomic E-state index is 11.3. The van der Waals surface area contributed by atoms with Gasteiger partial charge in [-0.05, 0) is 30.5 Å². The highest BCUT2D eigenvalue weighted by molar-refractivity contribution is 7.98. The van der Waals surface area contributed by atoms with Gasteiger partial charge in [0.05, 0.1) is 12.7 Å². The van der Waals surface area contributed by atoms with E-state index >= 15 is 0 Å². The summed E-state index contributed by atoms with van der Waals surface area (Å²) in [6.45, 7) is 0. The maximum atomic E-state index is 11.3. The lowest BCUT2D eigenvalue weighted by Gasteiger charge is -2.06. The van der Waals surface area contributed by atoms with Crippen LogP contribution < -0.4 is 0 Å². The molecule has 2 rings (SSSR count). The summed E-state index contributed by atoms with van der Waals surface area (Å²) < 4.78 is 6.61. The maximum Gasteiger partial charge on any atom is 0.337 e. The van der Waals surface area contributed by atoms with E-state index in [1.165, 1.54) is 7.11 Å². The zero-order chi connectivity index (χ0) is 12.3. The Morgan fingerprint density at radius 2 is 2.06 bits per heavy atom. The van der Waals surface area contributed by atoms with E-state index in [1.54, 1.807) is 30.1 Å². The minimum absolute atomic E-state index is 0.327. The number of esters is 1. The Balaban J connectivity index is 2.32. The van der Waals surface area contributed by atoms with E-state index < -0.39 is 0 Å². The molecule has 1 heterocycles. The number of hydrogen-bond acceptors (Lipinski definition) is 4. The summed E-state index contributed by atoms with van der Waals surface area (Å²) in [5.74, 6) is -0.327. The molecular formula is C12H12N2O2S. The van der Waals surface area contributed by atoms with Crippen LogP contribution in [0.1, 0.15) is 10.4 Å². The van der Waals surface area contributed by atoms with Crippen LogP contribution in [0.15, 0.2) is 41.8 Å². The lowest BCUT2D eigenvalue weighted by atomic mass is 10.2. The highest BCUT2D eigenvalue weighted by Crippen LogP contribution is 2.18. The van der Waals surface area contributed by atoms with Gasteiger partial charge >= 0.3 is 5.97 Å². The van der Waals surface area contributed by atoms with Crippen LogP contribution in [0.25, 0.3) is 5.69 Å². The topological polar surface area (TPSA) is 44.1 Å². The van der Waals surface area contributed by atoms with E-state index in [0.29, 0.717) is 5.56 Å². The van der Waals surface area contributed by atoms with Gasteiger partial charge in [0, 0.05) is 18.1 Å². The van der Waals surface area contributed by atoms with E-state index in [1.807, 2.05) is 29.2 Å². The van der Waals surface area contributed by atoms with Crippen molar-refractivity contribution in [2.24, 2.45) is 0 Å². The molecule has 0 aliphatic rings. The first-order chi connectivity index (χ1) is 8.26. The Morgan fingerprint density at radius 3 is 2.65 bits per heavy atom. The zero-order valence-electron chi connectivity index (χ0n) is 9.58. The summed E-state index contributed by atoms with van der Waals surface area (Å²) >= 11 is 1.57. The molecule has 5 heteroatoms. The molecule has 0 bridgehead atoms. The van der Waals surface area contributed by atoms with E-state index in [-0.39, 0.29) is 5.97 Å². The smallest absolute Gasteiger partial charge is 0.337 e. The number of carbonyl (C=O) groups excluding carboxylic acids is 1. The molecule has 0 N–H and O–H groups in total. The molecule has 0 atom stereocenters. The number of rotatable bonds is 3. The number of aromatic nitrogens is 2. The van der Waals surface area contributed by atoms with Crippen molar-refractivity contribution >= 4 is 17.7 Å².